The highest BCUT2D eigenvalue weighted by Gasteiger charge is 2.32. The summed E-state index contributed by atoms with van der Waals surface area (Å²) < 4.78 is 43.5. The molecule has 0 aromatic carbocycles. The molecule has 0 spiro atoms. The van der Waals surface area contributed by atoms with Gasteiger partial charge in [-0.1, -0.05) is 6.07 Å². The molecule has 0 atom stereocenters. The van der Waals surface area contributed by atoms with Gasteiger partial charge in [0.2, 0.25) is 0 Å². The molecule has 0 N–H and O–H groups in total. The highest BCUT2D eigenvalue weighted by atomic mass is 19.4. The number of alkyl halides is 3. The van der Waals surface area contributed by atoms with Crippen LogP contribution in [0.2, 0.25) is 0 Å². The van der Waals surface area contributed by atoms with Gasteiger partial charge in [0.05, 0.1) is 6.61 Å². The maximum atomic E-state index is 12.7. The Hall–Kier alpha value is -2.15. The molecule has 2 aromatic heterocycles. The lowest BCUT2D eigenvalue weighted by molar-refractivity contribution is -0.141. The smallest absolute Gasteiger partial charge is 0.433 e. The van der Waals surface area contributed by atoms with E-state index >= 15 is 0 Å². The van der Waals surface area contributed by atoms with Crippen LogP contribution < -0.4 is 4.74 Å². The minimum atomic E-state index is -4.45. The molecule has 25 heavy (non-hydrogen) atoms. The molecular weight excluding hydrogens is 331 g/mol. The van der Waals surface area contributed by atoms with Gasteiger partial charge >= 0.3 is 6.18 Å². The van der Waals surface area contributed by atoms with E-state index in [-0.39, 0.29) is 5.75 Å². The maximum absolute atomic E-state index is 12.7. The van der Waals surface area contributed by atoms with Gasteiger partial charge in [0, 0.05) is 31.2 Å². The van der Waals surface area contributed by atoms with Crippen molar-refractivity contribution in [1.29, 1.82) is 0 Å². The van der Waals surface area contributed by atoms with Crippen molar-refractivity contribution in [3.05, 3.63) is 54.1 Å². The van der Waals surface area contributed by atoms with Gasteiger partial charge < -0.3 is 4.74 Å². The van der Waals surface area contributed by atoms with Gasteiger partial charge in [-0.05, 0) is 49.5 Å². The summed E-state index contributed by atoms with van der Waals surface area (Å²) in [5, 5.41) is 0. The van der Waals surface area contributed by atoms with Crippen LogP contribution in [0, 0.1) is 5.92 Å². The minimum absolute atomic E-state index is 0.222. The lowest BCUT2D eigenvalue weighted by Gasteiger charge is -2.31. The van der Waals surface area contributed by atoms with E-state index in [1.54, 1.807) is 6.20 Å². The Morgan fingerprint density at radius 3 is 2.64 bits per heavy atom. The maximum Gasteiger partial charge on any atom is 0.433 e. The summed E-state index contributed by atoms with van der Waals surface area (Å²) in [6.07, 6.45) is 2.26. The number of hydrogen-bond donors (Lipinski definition) is 0. The number of rotatable bonds is 5. The third-order valence-corrected chi connectivity index (χ3v) is 4.34. The summed E-state index contributed by atoms with van der Waals surface area (Å²) in [7, 11) is 0. The monoisotopic (exact) mass is 351 g/mol. The fourth-order valence-electron chi connectivity index (χ4n) is 2.93. The summed E-state index contributed by atoms with van der Waals surface area (Å²) in [6.45, 7) is 3.21. The molecular formula is C18H20F3N3O. The van der Waals surface area contributed by atoms with Crippen LogP contribution in [0.15, 0.2) is 42.9 Å². The van der Waals surface area contributed by atoms with E-state index in [1.165, 1.54) is 11.6 Å². The first kappa shape index (κ1) is 17.7. The average molecular weight is 351 g/mol. The summed E-state index contributed by atoms with van der Waals surface area (Å²) in [4.78, 5) is 9.82. The summed E-state index contributed by atoms with van der Waals surface area (Å²) in [5.41, 5.74) is 0.268. The molecule has 134 valence electrons. The second kappa shape index (κ2) is 7.82. The molecule has 0 bridgehead atoms. The predicted octanol–water partition coefficient (Wildman–Crippen LogP) is 3.79. The van der Waals surface area contributed by atoms with Crippen LogP contribution in [-0.4, -0.2) is 34.6 Å². The van der Waals surface area contributed by atoms with Gasteiger partial charge in [0.25, 0.3) is 0 Å². The van der Waals surface area contributed by atoms with Crippen LogP contribution in [0.1, 0.15) is 24.1 Å². The number of pyridine rings is 2. The standard InChI is InChI=1S/C18H20F3N3O/c19-18(20,21)17-10-16(3-7-23-17)25-13-14-4-8-24(9-5-14)12-15-2-1-6-22-11-15/h1-3,6-7,10-11,14H,4-5,8-9,12-13H2. The minimum Gasteiger partial charge on any atom is -0.493 e. The number of aromatic nitrogens is 2. The lowest BCUT2D eigenvalue weighted by Crippen LogP contribution is -2.35. The molecule has 1 aliphatic heterocycles. The van der Waals surface area contributed by atoms with Gasteiger partial charge in [-0.25, -0.2) is 0 Å². The molecule has 0 aliphatic carbocycles. The van der Waals surface area contributed by atoms with E-state index in [9.17, 15) is 13.2 Å². The van der Waals surface area contributed by atoms with Crippen LogP contribution >= 0.6 is 0 Å². The molecule has 1 fully saturated rings. The van der Waals surface area contributed by atoms with Gasteiger partial charge in [0.1, 0.15) is 11.4 Å². The van der Waals surface area contributed by atoms with Gasteiger partial charge in [-0.15, -0.1) is 0 Å². The molecule has 0 unspecified atom stereocenters. The van der Waals surface area contributed by atoms with Crippen molar-refractivity contribution in [3.8, 4) is 5.75 Å². The van der Waals surface area contributed by atoms with Crippen molar-refractivity contribution in [3.63, 3.8) is 0 Å². The van der Waals surface area contributed by atoms with E-state index < -0.39 is 11.9 Å². The third-order valence-electron chi connectivity index (χ3n) is 4.34. The van der Waals surface area contributed by atoms with Crippen molar-refractivity contribution in [2.45, 2.75) is 25.6 Å². The first-order valence-electron chi connectivity index (χ1n) is 8.28. The Labute approximate surface area is 144 Å². The second-order valence-electron chi connectivity index (χ2n) is 6.27. The molecule has 1 saturated heterocycles. The number of piperidine rings is 1. The normalized spacial score (nSPS) is 16.8. The van der Waals surface area contributed by atoms with Crippen molar-refractivity contribution in [1.82, 2.24) is 14.9 Å². The van der Waals surface area contributed by atoms with Crippen molar-refractivity contribution in [2.75, 3.05) is 19.7 Å². The molecule has 0 radical (unpaired) electrons. The van der Waals surface area contributed by atoms with Crippen LogP contribution in [0.5, 0.6) is 5.75 Å². The van der Waals surface area contributed by atoms with Gasteiger partial charge in [-0.3, -0.25) is 14.9 Å². The predicted molar refractivity (Wildman–Crippen MR) is 87.0 cm³/mol. The van der Waals surface area contributed by atoms with E-state index in [0.29, 0.717) is 12.5 Å². The molecule has 3 heterocycles. The Balaban J connectivity index is 1.45. The Bertz CT molecular complexity index is 671. The summed E-state index contributed by atoms with van der Waals surface area (Å²) >= 11 is 0. The van der Waals surface area contributed by atoms with E-state index in [0.717, 1.165) is 44.7 Å². The van der Waals surface area contributed by atoms with Crippen LogP contribution in [0.4, 0.5) is 13.2 Å². The van der Waals surface area contributed by atoms with Crippen LogP contribution in [0.25, 0.3) is 0 Å². The zero-order valence-electron chi connectivity index (χ0n) is 13.7. The first-order valence-corrected chi connectivity index (χ1v) is 8.28. The summed E-state index contributed by atoms with van der Waals surface area (Å²) in [6, 6.07) is 6.41. The zero-order chi connectivity index (χ0) is 17.7. The summed E-state index contributed by atoms with van der Waals surface area (Å²) in [5.74, 6) is 0.577. The molecule has 3 rings (SSSR count). The van der Waals surface area contributed by atoms with Gasteiger partial charge in [0.15, 0.2) is 0 Å². The van der Waals surface area contributed by atoms with Crippen molar-refractivity contribution < 1.29 is 17.9 Å². The van der Waals surface area contributed by atoms with Crippen LogP contribution in [0.3, 0.4) is 0 Å². The zero-order valence-corrected chi connectivity index (χ0v) is 13.7. The molecule has 4 nitrogen and oxygen atoms in total. The Morgan fingerprint density at radius 1 is 1.16 bits per heavy atom. The van der Waals surface area contributed by atoms with E-state index in [1.807, 2.05) is 12.3 Å². The number of ether oxygens (including phenoxy) is 1. The quantitative estimate of drug-likeness (QED) is 0.822. The van der Waals surface area contributed by atoms with Crippen molar-refractivity contribution in [2.24, 2.45) is 5.92 Å². The molecule has 1 aliphatic rings. The highest BCUT2D eigenvalue weighted by molar-refractivity contribution is 5.24. The lowest BCUT2D eigenvalue weighted by atomic mass is 9.97. The number of nitrogens with zero attached hydrogens (tertiary/aromatic N) is 3. The molecule has 7 heteroatoms. The number of halogens is 3. The van der Waals surface area contributed by atoms with E-state index in [4.69, 9.17) is 4.74 Å². The largest absolute Gasteiger partial charge is 0.493 e. The first-order chi connectivity index (χ1) is 12.0. The van der Waals surface area contributed by atoms with Gasteiger partial charge in [-0.2, -0.15) is 13.2 Å². The van der Waals surface area contributed by atoms with E-state index in [2.05, 4.69) is 20.9 Å². The Morgan fingerprint density at radius 2 is 1.96 bits per heavy atom. The molecule has 0 saturated carbocycles. The second-order valence-corrected chi connectivity index (χ2v) is 6.27. The highest BCUT2D eigenvalue weighted by Crippen LogP contribution is 2.29. The number of likely N-dealkylation sites (tertiary alicyclic amines) is 1. The SMILES string of the molecule is FC(F)(F)c1cc(OCC2CCN(Cc3cccnc3)CC2)ccn1. The third kappa shape index (κ3) is 5.16. The number of hydrogen-bond acceptors (Lipinski definition) is 4. The topological polar surface area (TPSA) is 38.2 Å². The Kier molecular flexibility index (Phi) is 5.53. The van der Waals surface area contributed by atoms with Crippen LogP contribution in [-0.2, 0) is 12.7 Å². The fraction of sp³-hybridized carbons (Fsp3) is 0.444. The molecule has 2 aromatic rings. The molecule has 0 amide bonds. The van der Waals surface area contributed by atoms with Crippen molar-refractivity contribution >= 4 is 0 Å². The fourth-order valence-corrected chi connectivity index (χ4v) is 2.93. The average Bonchev–Trinajstić information content (AvgIpc) is 2.62.